The zero-order valence-electron chi connectivity index (χ0n) is 10.7. The Kier molecular flexibility index (Phi) is 5.01. The molecule has 0 amide bonds. The molecule has 0 heterocycles. The topological polar surface area (TPSA) is 44.6 Å². The SMILES string of the molecule is COc1ccc(F)c(Cl)c1C=N[S+]([O-])C(C)(C)C. The summed E-state index contributed by atoms with van der Waals surface area (Å²) in [7, 11) is 1.45. The van der Waals surface area contributed by atoms with Gasteiger partial charge in [-0.1, -0.05) is 16.0 Å². The van der Waals surface area contributed by atoms with Gasteiger partial charge < -0.3 is 9.29 Å². The molecule has 1 aromatic carbocycles. The summed E-state index contributed by atoms with van der Waals surface area (Å²) < 4.78 is 33.6. The molecule has 1 unspecified atom stereocenters. The fourth-order valence-corrected chi connectivity index (χ4v) is 1.83. The Hall–Kier alpha value is -0.780. The lowest BCUT2D eigenvalue weighted by atomic mass is 10.2. The summed E-state index contributed by atoms with van der Waals surface area (Å²) in [6.45, 7) is 5.39. The van der Waals surface area contributed by atoms with Crippen molar-refractivity contribution < 1.29 is 13.7 Å². The van der Waals surface area contributed by atoms with E-state index in [0.717, 1.165) is 0 Å². The molecular formula is C12H15ClFNO2S. The van der Waals surface area contributed by atoms with Crippen molar-refractivity contribution in [1.29, 1.82) is 0 Å². The number of hydrogen-bond acceptors (Lipinski definition) is 3. The highest BCUT2D eigenvalue weighted by Crippen LogP contribution is 2.28. The predicted octanol–water partition coefficient (Wildman–Crippen LogP) is 3.37. The van der Waals surface area contributed by atoms with E-state index >= 15 is 0 Å². The van der Waals surface area contributed by atoms with Gasteiger partial charge in [0.2, 0.25) is 0 Å². The Morgan fingerprint density at radius 1 is 1.44 bits per heavy atom. The molecule has 0 saturated heterocycles. The Bertz CT molecular complexity index is 460. The van der Waals surface area contributed by atoms with Crippen molar-refractivity contribution in [2.45, 2.75) is 25.5 Å². The van der Waals surface area contributed by atoms with Crippen molar-refractivity contribution in [1.82, 2.24) is 0 Å². The summed E-state index contributed by atoms with van der Waals surface area (Å²) in [5, 5.41) is -0.0935. The fraction of sp³-hybridized carbons (Fsp3) is 0.417. The molecule has 18 heavy (non-hydrogen) atoms. The lowest BCUT2D eigenvalue weighted by molar-refractivity contribution is 0.413. The van der Waals surface area contributed by atoms with Crippen molar-refractivity contribution in [3.05, 3.63) is 28.5 Å². The molecule has 0 aliphatic rings. The molecule has 1 aromatic rings. The van der Waals surface area contributed by atoms with E-state index in [1.807, 2.05) is 0 Å². The quantitative estimate of drug-likeness (QED) is 0.633. The van der Waals surface area contributed by atoms with Crippen LogP contribution in [0.25, 0.3) is 0 Å². The van der Waals surface area contributed by atoms with Crippen LogP contribution in [-0.2, 0) is 11.4 Å². The number of nitrogens with zero attached hydrogens (tertiary/aromatic N) is 1. The van der Waals surface area contributed by atoms with Gasteiger partial charge in [0.15, 0.2) is 0 Å². The highest BCUT2D eigenvalue weighted by molar-refractivity contribution is 7.91. The zero-order chi connectivity index (χ0) is 13.9. The van der Waals surface area contributed by atoms with E-state index in [1.165, 1.54) is 25.5 Å². The van der Waals surface area contributed by atoms with Crippen molar-refractivity contribution >= 4 is 29.2 Å². The predicted molar refractivity (Wildman–Crippen MR) is 73.5 cm³/mol. The van der Waals surface area contributed by atoms with Crippen LogP contribution in [0.2, 0.25) is 5.02 Å². The molecule has 100 valence electrons. The lowest BCUT2D eigenvalue weighted by Crippen LogP contribution is -2.25. The van der Waals surface area contributed by atoms with Gasteiger partial charge in [-0.15, -0.1) is 0 Å². The number of rotatable bonds is 3. The van der Waals surface area contributed by atoms with Crippen molar-refractivity contribution in [2.75, 3.05) is 7.11 Å². The molecule has 0 N–H and O–H groups in total. The van der Waals surface area contributed by atoms with E-state index in [9.17, 15) is 8.94 Å². The van der Waals surface area contributed by atoms with Gasteiger partial charge in [-0.25, -0.2) is 4.39 Å². The van der Waals surface area contributed by atoms with Crippen LogP contribution in [0.15, 0.2) is 16.5 Å². The van der Waals surface area contributed by atoms with Crippen LogP contribution in [0.4, 0.5) is 4.39 Å². The summed E-state index contributed by atoms with van der Waals surface area (Å²) >= 11 is 4.40. The van der Waals surface area contributed by atoms with E-state index in [1.54, 1.807) is 20.8 Å². The van der Waals surface area contributed by atoms with E-state index in [4.69, 9.17) is 16.3 Å². The van der Waals surface area contributed by atoms with E-state index < -0.39 is 21.9 Å². The monoisotopic (exact) mass is 291 g/mol. The molecule has 0 aliphatic heterocycles. The number of benzene rings is 1. The largest absolute Gasteiger partial charge is 0.591 e. The van der Waals surface area contributed by atoms with Crippen LogP contribution in [0.1, 0.15) is 26.3 Å². The van der Waals surface area contributed by atoms with Crippen LogP contribution in [0.3, 0.4) is 0 Å². The molecule has 0 radical (unpaired) electrons. The minimum Gasteiger partial charge on any atom is -0.591 e. The highest BCUT2D eigenvalue weighted by Gasteiger charge is 2.26. The average Bonchev–Trinajstić information content (AvgIpc) is 2.29. The second-order valence-corrected chi connectivity index (χ2v) is 6.89. The molecule has 3 nitrogen and oxygen atoms in total. The van der Waals surface area contributed by atoms with Crippen molar-refractivity contribution in [3.8, 4) is 5.75 Å². The molecule has 0 aliphatic carbocycles. The van der Waals surface area contributed by atoms with Gasteiger partial charge >= 0.3 is 0 Å². The van der Waals surface area contributed by atoms with Crippen LogP contribution in [-0.4, -0.2) is 22.6 Å². The number of methoxy groups -OCH3 is 1. The van der Waals surface area contributed by atoms with Gasteiger partial charge in [0.1, 0.15) is 27.7 Å². The van der Waals surface area contributed by atoms with Gasteiger partial charge in [-0.05, 0) is 32.9 Å². The van der Waals surface area contributed by atoms with Gasteiger partial charge in [0.25, 0.3) is 0 Å². The van der Waals surface area contributed by atoms with E-state index in [-0.39, 0.29) is 10.6 Å². The molecule has 0 saturated carbocycles. The first-order valence-electron chi connectivity index (χ1n) is 5.25. The fourth-order valence-electron chi connectivity index (χ4n) is 1.11. The van der Waals surface area contributed by atoms with Crippen molar-refractivity contribution in [3.63, 3.8) is 0 Å². The maximum atomic E-state index is 13.3. The van der Waals surface area contributed by atoms with Gasteiger partial charge in [-0.3, -0.25) is 0 Å². The minimum atomic E-state index is -1.43. The first-order valence-corrected chi connectivity index (χ1v) is 6.74. The third-order valence-corrected chi connectivity index (χ3v) is 3.84. The van der Waals surface area contributed by atoms with Crippen LogP contribution >= 0.6 is 11.6 Å². The summed E-state index contributed by atoms with van der Waals surface area (Å²) in [6, 6.07) is 2.65. The smallest absolute Gasteiger partial charge is 0.144 e. The third-order valence-electron chi connectivity index (χ3n) is 2.11. The first kappa shape index (κ1) is 15.3. The maximum absolute atomic E-state index is 13.3. The van der Waals surface area contributed by atoms with E-state index in [2.05, 4.69) is 4.40 Å². The lowest BCUT2D eigenvalue weighted by Gasteiger charge is -2.18. The van der Waals surface area contributed by atoms with Crippen LogP contribution in [0.5, 0.6) is 5.75 Å². The van der Waals surface area contributed by atoms with Gasteiger partial charge in [0.05, 0.1) is 23.9 Å². The number of halogens is 2. The maximum Gasteiger partial charge on any atom is 0.144 e. The number of hydrogen-bond donors (Lipinski definition) is 0. The van der Waals surface area contributed by atoms with Crippen molar-refractivity contribution in [2.24, 2.45) is 4.40 Å². The summed E-state index contributed by atoms with van der Waals surface area (Å²) in [5.74, 6) is -0.184. The Labute approximate surface area is 114 Å². The Morgan fingerprint density at radius 3 is 2.56 bits per heavy atom. The molecule has 6 heteroatoms. The molecule has 0 spiro atoms. The highest BCUT2D eigenvalue weighted by atomic mass is 35.5. The Balaban J connectivity index is 3.11. The summed E-state index contributed by atoms with van der Waals surface area (Å²) in [5.41, 5.74) is 0.289. The van der Waals surface area contributed by atoms with E-state index in [0.29, 0.717) is 5.75 Å². The minimum absolute atomic E-state index is 0.0935. The molecular weight excluding hydrogens is 277 g/mol. The van der Waals surface area contributed by atoms with Crippen LogP contribution < -0.4 is 4.74 Å². The van der Waals surface area contributed by atoms with Gasteiger partial charge in [-0.2, -0.15) is 0 Å². The first-order chi connectivity index (χ1) is 8.27. The molecule has 0 bridgehead atoms. The second kappa shape index (κ2) is 5.91. The molecule has 0 fully saturated rings. The Morgan fingerprint density at radius 2 is 2.06 bits per heavy atom. The van der Waals surface area contributed by atoms with Gasteiger partial charge in [0, 0.05) is 0 Å². The molecule has 1 atom stereocenters. The van der Waals surface area contributed by atoms with Crippen LogP contribution in [0, 0.1) is 5.82 Å². The summed E-state index contributed by atoms with van der Waals surface area (Å²) in [6.07, 6.45) is 1.28. The number of ether oxygens (including phenoxy) is 1. The summed E-state index contributed by atoms with van der Waals surface area (Å²) in [4.78, 5) is 0. The third kappa shape index (κ3) is 3.60. The molecule has 0 aromatic heterocycles. The normalized spacial score (nSPS) is 13.9. The average molecular weight is 292 g/mol. The second-order valence-electron chi connectivity index (χ2n) is 4.57. The zero-order valence-corrected chi connectivity index (χ0v) is 12.2. The standard InChI is InChI=1S/C12H15ClFNO2S/c1-12(2,3)18(16)15-7-8-10(17-4)6-5-9(14)11(8)13/h5-7H,1-4H3. The molecule has 1 rings (SSSR count).